The highest BCUT2D eigenvalue weighted by atomic mass is 16.7. The Labute approximate surface area is 173 Å². The number of rotatable bonds is 7. The van der Waals surface area contributed by atoms with Crippen LogP contribution in [-0.4, -0.2) is 99.2 Å². The maximum atomic E-state index is 10.2. The van der Waals surface area contributed by atoms with Gasteiger partial charge in [-0.15, -0.1) is 6.58 Å². The summed E-state index contributed by atoms with van der Waals surface area (Å²) in [5.74, 6) is 0.387. The maximum absolute atomic E-state index is 10.2. The lowest BCUT2D eigenvalue weighted by atomic mass is 9.99. The lowest BCUT2D eigenvalue weighted by Gasteiger charge is -2.41. The Bertz CT molecular complexity index is 683. The molecular formula is C20H28O10. The van der Waals surface area contributed by atoms with Gasteiger partial charge in [0.2, 0.25) is 6.29 Å². The van der Waals surface area contributed by atoms with Crippen molar-refractivity contribution < 1.29 is 49.6 Å². The first-order valence-corrected chi connectivity index (χ1v) is 9.65. The van der Waals surface area contributed by atoms with E-state index in [9.17, 15) is 30.6 Å². The number of allylic oxidation sites excluding steroid dienone is 1. The Kier molecular flexibility index (Phi) is 7.80. The van der Waals surface area contributed by atoms with Gasteiger partial charge >= 0.3 is 0 Å². The summed E-state index contributed by atoms with van der Waals surface area (Å²) in [6.45, 7) is 3.09. The van der Waals surface area contributed by atoms with Gasteiger partial charge in [-0.1, -0.05) is 18.2 Å². The highest BCUT2D eigenvalue weighted by Crippen LogP contribution is 2.26. The number of hydrogen-bond donors (Lipinski definition) is 6. The van der Waals surface area contributed by atoms with Gasteiger partial charge in [-0.2, -0.15) is 0 Å². The molecule has 0 aliphatic carbocycles. The van der Waals surface area contributed by atoms with Crippen LogP contribution in [0.2, 0.25) is 0 Å². The highest BCUT2D eigenvalue weighted by Gasteiger charge is 2.46. The van der Waals surface area contributed by atoms with Crippen LogP contribution >= 0.6 is 0 Å². The highest BCUT2D eigenvalue weighted by molar-refractivity contribution is 5.28. The number of benzene rings is 1. The molecular weight excluding hydrogens is 400 g/mol. The summed E-state index contributed by atoms with van der Waals surface area (Å²) >= 11 is 0. The van der Waals surface area contributed by atoms with E-state index >= 15 is 0 Å². The molecule has 2 saturated heterocycles. The second kappa shape index (κ2) is 10.1. The molecule has 2 fully saturated rings. The van der Waals surface area contributed by atoms with Crippen molar-refractivity contribution in [1.29, 1.82) is 0 Å². The number of aliphatic hydroxyl groups is 6. The molecule has 30 heavy (non-hydrogen) atoms. The van der Waals surface area contributed by atoms with E-state index in [0.29, 0.717) is 12.2 Å². The van der Waals surface area contributed by atoms with Crippen molar-refractivity contribution in [2.24, 2.45) is 0 Å². The van der Waals surface area contributed by atoms with Crippen molar-refractivity contribution in [1.82, 2.24) is 0 Å². The molecule has 0 spiro atoms. The SMILES string of the molecule is C=CCc1ccc(OC2OC(COC3OCC(O)C(O)C3O)C(O)C(O)C2O)cc1. The van der Waals surface area contributed by atoms with Crippen LogP contribution < -0.4 is 4.74 Å². The predicted octanol–water partition coefficient (Wildman–Crippen LogP) is -1.94. The molecule has 0 aromatic heterocycles. The molecule has 10 nitrogen and oxygen atoms in total. The minimum absolute atomic E-state index is 0.244. The third-order valence-corrected chi connectivity index (χ3v) is 5.10. The second-order valence-electron chi connectivity index (χ2n) is 7.35. The van der Waals surface area contributed by atoms with Crippen molar-refractivity contribution in [3.8, 4) is 5.75 Å². The zero-order valence-corrected chi connectivity index (χ0v) is 16.2. The van der Waals surface area contributed by atoms with Crippen LogP contribution in [-0.2, 0) is 20.6 Å². The predicted molar refractivity (Wildman–Crippen MR) is 101 cm³/mol. The average Bonchev–Trinajstić information content (AvgIpc) is 2.74. The molecule has 1 aromatic rings. The third kappa shape index (κ3) is 5.17. The van der Waals surface area contributed by atoms with Crippen LogP contribution in [0.5, 0.6) is 5.75 Å². The Balaban J connectivity index is 1.60. The summed E-state index contributed by atoms with van der Waals surface area (Å²) in [6.07, 6.45) is -10.00. The van der Waals surface area contributed by atoms with Gasteiger partial charge in [0, 0.05) is 0 Å². The van der Waals surface area contributed by atoms with Gasteiger partial charge in [-0.05, 0) is 24.1 Å². The van der Waals surface area contributed by atoms with E-state index in [1.807, 2.05) is 12.1 Å². The topological polar surface area (TPSA) is 158 Å². The molecule has 2 heterocycles. The minimum atomic E-state index is -1.57. The molecule has 0 bridgehead atoms. The maximum Gasteiger partial charge on any atom is 0.229 e. The summed E-state index contributed by atoms with van der Waals surface area (Å²) < 4.78 is 21.7. The average molecular weight is 428 g/mol. The van der Waals surface area contributed by atoms with Gasteiger partial charge in [0.15, 0.2) is 6.29 Å². The zero-order chi connectivity index (χ0) is 21.8. The van der Waals surface area contributed by atoms with Crippen molar-refractivity contribution >= 4 is 0 Å². The molecule has 0 amide bonds. The molecule has 1 aromatic carbocycles. The number of hydrogen-bond acceptors (Lipinski definition) is 10. The second-order valence-corrected chi connectivity index (χ2v) is 7.35. The standard InChI is InChI=1S/C20H28O10/c1-2-3-10-4-6-11(7-5-10)29-20-18(26)16(24)15(23)13(30-20)9-28-19-17(25)14(22)12(21)8-27-19/h2,4-7,12-26H,1,3,8-9H2. The van der Waals surface area contributed by atoms with Gasteiger partial charge in [-0.25, -0.2) is 0 Å². The van der Waals surface area contributed by atoms with Crippen LogP contribution in [0.3, 0.4) is 0 Å². The molecule has 9 unspecified atom stereocenters. The molecule has 0 radical (unpaired) electrons. The fourth-order valence-corrected chi connectivity index (χ4v) is 3.27. The van der Waals surface area contributed by atoms with Crippen LogP contribution in [0.15, 0.2) is 36.9 Å². The van der Waals surface area contributed by atoms with Crippen molar-refractivity contribution in [3.05, 3.63) is 42.5 Å². The van der Waals surface area contributed by atoms with Crippen molar-refractivity contribution in [2.75, 3.05) is 13.2 Å². The summed E-state index contributed by atoms with van der Waals surface area (Å²) in [5.41, 5.74) is 1.02. The molecule has 10 heteroatoms. The molecule has 6 N–H and O–H groups in total. The van der Waals surface area contributed by atoms with E-state index in [0.717, 1.165) is 5.56 Å². The van der Waals surface area contributed by atoms with Gasteiger partial charge in [0.05, 0.1) is 13.2 Å². The largest absolute Gasteiger partial charge is 0.462 e. The molecule has 3 rings (SSSR count). The van der Waals surface area contributed by atoms with E-state index in [4.69, 9.17) is 18.9 Å². The lowest BCUT2D eigenvalue weighted by Crippen LogP contribution is -2.61. The molecule has 9 atom stereocenters. The monoisotopic (exact) mass is 428 g/mol. The first-order valence-electron chi connectivity index (χ1n) is 9.65. The molecule has 168 valence electrons. The van der Waals surface area contributed by atoms with Crippen LogP contribution in [0.25, 0.3) is 0 Å². The van der Waals surface area contributed by atoms with E-state index in [2.05, 4.69) is 6.58 Å². The summed E-state index contributed by atoms with van der Waals surface area (Å²) in [6, 6.07) is 6.99. The van der Waals surface area contributed by atoms with E-state index in [-0.39, 0.29) is 13.2 Å². The van der Waals surface area contributed by atoms with E-state index in [1.54, 1.807) is 18.2 Å². The lowest BCUT2D eigenvalue weighted by molar-refractivity contribution is -0.307. The zero-order valence-electron chi connectivity index (χ0n) is 16.2. The van der Waals surface area contributed by atoms with Crippen LogP contribution in [0.4, 0.5) is 0 Å². The molecule has 2 aliphatic heterocycles. The van der Waals surface area contributed by atoms with Gasteiger partial charge in [0.1, 0.15) is 48.5 Å². The van der Waals surface area contributed by atoms with Crippen LogP contribution in [0.1, 0.15) is 5.56 Å². The Morgan fingerprint density at radius 2 is 1.57 bits per heavy atom. The van der Waals surface area contributed by atoms with Crippen molar-refractivity contribution in [3.63, 3.8) is 0 Å². The summed E-state index contributed by atoms with van der Waals surface area (Å²) in [4.78, 5) is 0. The van der Waals surface area contributed by atoms with Gasteiger partial charge in [0.25, 0.3) is 0 Å². The van der Waals surface area contributed by atoms with Gasteiger partial charge in [-0.3, -0.25) is 0 Å². The first-order chi connectivity index (χ1) is 14.3. The number of ether oxygens (including phenoxy) is 4. The summed E-state index contributed by atoms with van der Waals surface area (Å²) in [7, 11) is 0. The smallest absolute Gasteiger partial charge is 0.229 e. The minimum Gasteiger partial charge on any atom is -0.462 e. The number of aliphatic hydroxyl groups excluding tert-OH is 6. The van der Waals surface area contributed by atoms with Crippen LogP contribution in [0, 0.1) is 0 Å². The summed E-state index contributed by atoms with van der Waals surface area (Å²) in [5, 5.41) is 59.7. The quantitative estimate of drug-likeness (QED) is 0.270. The van der Waals surface area contributed by atoms with E-state index in [1.165, 1.54) is 0 Å². The third-order valence-electron chi connectivity index (χ3n) is 5.10. The Morgan fingerprint density at radius 1 is 0.900 bits per heavy atom. The fraction of sp³-hybridized carbons (Fsp3) is 0.600. The molecule has 0 saturated carbocycles. The van der Waals surface area contributed by atoms with Crippen molar-refractivity contribution in [2.45, 2.75) is 61.7 Å². The first kappa shape index (κ1) is 23.1. The normalized spacial score (nSPS) is 39.5. The molecule has 2 aliphatic rings. The Hall–Kier alpha value is -1.60. The van der Waals surface area contributed by atoms with Gasteiger partial charge < -0.3 is 49.6 Å². The Morgan fingerprint density at radius 3 is 2.23 bits per heavy atom. The van der Waals surface area contributed by atoms with E-state index < -0.39 is 55.3 Å². The fourth-order valence-electron chi connectivity index (χ4n) is 3.27.